The van der Waals surface area contributed by atoms with Gasteiger partial charge in [0.1, 0.15) is 17.6 Å². The van der Waals surface area contributed by atoms with Crippen LogP contribution in [0.1, 0.15) is 34.6 Å². The fourth-order valence-corrected chi connectivity index (χ4v) is 2.72. The van der Waals surface area contributed by atoms with Crippen molar-refractivity contribution in [1.82, 2.24) is 30.6 Å². The molecule has 2 aromatic heterocycles. The molecule has 3 N–H and O–H groups in total. The van der Waals surface area contributed by atoms with Gasteiger partial charge in [-0.2, -0.15) is 13.2 Å². The van der Waals surface area contributed by atoms with E-state index in [9.17, 15) is 18.0 Å². The number of hydrogen-bond acceptors (Lipinski definition) is 5. The lowest BCUT2D eigenvalue weighted by atomic mass is 10.1. The molecular weight excluding hydrogens is 337 g/mol. The summed E-state index contributed by atoms with van der Waals surface area (Å²) in [6.07, 6.45) is -2.11. The van der Waals surface area contributed by atoms with Gasteiger partial charge in [0.05, 0.1) is 12.0 Å². The van der Waals surface area contributed by atoms with Gasteiger partial charge in [0, 0.05) is 37.3 Å². The zero-order valence-corrected chi connectivity index (χ0v) is 13.4. The molecule has 10 heteroatoms. The maximum absolute atomic E-state index is 12.8. The maximum atomic E-state index is 12.8. The Morgan fingerprint density at radius 3 is 2.96 bits per heavy atom. The molecule has 0 fully saturated rings. The van der Waals surface area contributed by atoms with E-state index in [0.717, 1.165) is 18.2 Å². The molecule has 0 aromatic carbocycles. The fourth-order valence-electron chi connectivity index (χ4n) is 2.72. The third kappa shape index (κ3) is 3.95. The van der Waals surface area contributed by atoms with E-state index in [2.05, 4.69) is 30.6 Å². The van der Waals surface area contributed by atoms with Crippen molar-refractivity contribution in [3.8, 4) is 0 Å². The number of aromatic nitrogens is 4. The van der Waals surface area contributed by atoms with Gasteiger partial charge in [-0.05, 0) is 13.0 Å². The second-order valence-electron chi connectivity index (χ2n) is 5.75. The van der Waals surface area contributed by atoms with Crippen LogP contribution in [0.15, 0.2) is 12.4 Å². The van der Waals surface area contributed by atoms with Crippen LogP contribution in [0, 0.1) is 6.92 Å². The monoisotopic (exact) mass is 354 g/mol. The van der Waals surface area contributed by atoms with E-state index in [1.165, 1.54) is 13.3 Å². The van der Waals surface area contributed by atoms with E-state index in [0.29, 0.717) is 12.2 Å². The van der Waals surface area contributed by atoms with Crippen molar-refractivity contribution in [2.75, 3.05) is 13.1 Å². The quantitative estimate of drug-likeness (QED) is 0.763. The molecule has 0 saturated heterocycles. The van der Waals surface area contributed by atoms with Gasteiger partial charge in [-0.3, -0.25) is 4.79 Å². The van der Waals surface area contributed by atoms with Gasteiger partial charge in [-0.15, -0.1) is 0 Å². The molecule has 0 spiro atoms. The summed E-state index contributed by atoms with van der Waals surface area (Å²) in [7, 11) is 0. The molecular formula is C15H17F3N6O. The average molecular weight is 354 g/mol. The lowest BCUT2D eigenvalue weighted by Crippen LogP contribution is -2.42. The van der Waals surface area contributed by atoms with E-state index in [-0.39, 0.29) is 30.4 Å². The predicted molar refractivity (Wildman–Crippen MR) is 81.5 cm³/mol. The number of halogens is 3. The molecule has 1 atom stereocenters. The van der Waals surface area contributed by atoms with Crippen molar-refractivity contribution in [2.45, 2.75) is 32.0 Å². The standard InChI is InChI=1S/C15H17F3N6O/c1-8-6-10(15(16,17)18)24-11(23-8)3-5-20-14(25)13-12-9(2-4-19-13)21-7-22-12/h6-7,13,19H,2-5H2,1H3,(H,20,25)(H,21,22). The Hall–Kier alpha value is -2.49. The maximum Gasteiger partial charge on any atom is 0.433 e. The van der Waals surface area contributed by atoms with Crippen molar-refractivity contribution in [1.29, 1.82) is 0 Å². The molecule has 1 aliphatic heterocycles. The highest BCUT2D eigenvalue weighted by atomic mass is 19.4. The van der Waals surface area contributed by atoms with Crippen LogP contribution in [-0.4, -0.2) is 38.9 Å². The number of nitrogens with one attached hydrogen (secondary N) is 3. The van der Waals surface area contributed by atoms with E-state index < -0.39 is 17.9 Å². The van der Waals surface area contributed by atoms with Gasteiger partial charge in [0.2, 0.25) is 5.91 Å². The van der Waals surface area contributed by atoms with Crippen molar-refractivity contribution in [3.63, 3.8) is 0 Å². The van der Waals surface area contributed by atoms with Crippen molar-refractivity contribution in [3.05, 3.63) is 41.0 Å². The summed E-state index contributed by atoms with van der Waals surface area (Å²) < 4.78 is 38.3. The Morgan fingerprint density at radius 2 is 2.20 bits per heavy atom. The fraction of sp³-hybridized carbons (Fsp3) is 0.467. The van der Waals surface area contributed by atoms with E-state index in [4.69, 9.17) is 0 Å². The van der Waals surface area contributed by atoms with E-state index >= 15 is 0 Å². The van der Waals surface area contributed by atoms with E-state index in [1.54, 1.807) is 0 Å². The zero-order chi connectivity index (χ0) is 18.0. The van der Waals surface area contributed by atoms with Crippen LogP contribution < -0.4 is 10.6 Å². The van der Waals surface area contributed by atoms with Crippen molar-refractivity contribution >= 4 is 5.91 Å². The molecule has 1 unspecified atom stereocenters. The summed E-state index contributed by atoms with van der Waals surface area (Å²) in [6, 6.07) is 0.326. The minimum absolute atomic E-state index is 0.0460. The predicted octanol–water partition coefficient (Wildman–Crippen LogP) is 1.07. The van der Waals surface area contributed by atoms with Crippen LogP contribution in [0.2, 0.25) is 0 Å². The SMILES string of the molecule is Cc1cc(C(F)(F)F)nc(CCNC(=O)C2NCCc3[nH]cnc32)n1. The van der Waals surface area contributed by atoms with Crippen LogP contribution in [-0.2, 0) is 23.8 Å². The second-order valence-corrected chi connectivity index (χ2v) is 5.75. The Kier molecular flexibility index (Phi) is 4.71. The second kappa shape index (κ2) is 6.79. The molecule has 7 nitrogen and oxygen atoms in total. The highest BCUT2D eigenvalue weighted by Crippen LogP contribution is 2.27. The molecule has 2 aromatic rings. The lowest BCUT2D eigenvalue weighted by molar-refractivity contribution is -0.141. The van der Waals surface area contributed by atoms with Crippen LogP contribution in [0.4, 0.5) is 13.2 Å². The van der Waals surface area contributed by atoms with Crippen LogP contribution in [0.3, 0.4) is 0 Å². The van der Waals surface area contributed by atoms with Gasteiger partial charge < -0.3 is 15.6 Å². The number of imidazole rings is 1. The largest absolute Gasteiger partial charge is 0.433 e. The number of aromatic amines is 1. The summed E-state index contributed by atoms with van der Waals surface area (Å²) in [6.45, 7) is 2.25. The van der Waals surface area contributed by atoms with Crippen LogP contribution >= 0.6 is 0 Å². The van der Waals surface area contributed by atoms with Gasteiger partial charge in [-0.1, -0.05) is 0 Å². The number of nitrogens with zero attached hydrogens (tertiary/aromatic N) is 3. The summed E-state index contributed by atoms with van der Waals surface area (Å²) in [4.78, 5) is 26.9. The molecule has 0 bridgehead atoms. The van der Waals surface area contributed by atoms with Gasteiger partial charge >= 0.3 is 6.18 Å². The lowest BCUT2D eigenvalue weighted by Gasteiger charge is -2.22. The highest BCUT2D eigenvalue weighted by molar-refractivity contribution is 5.83. The molecule has 1 aliphatic rings. The topological polar surface area (TPSA) is 95.6 Å². The number of alkyl halides is 3. The molecule has 0 aliphatic carbocycles. The molecule has 0 radical (unpaired) electrons. The van der Waals surface area contributed by atoms with Crippen molar-refractivity contribution in [2.24, 2.45) is 0 Å². The first-order valence-corrected chi connectivity index (χ1v) is 7.79. The molecule has 1 amide bonds. The number of aryl methyl sites for hydroxylation is 1. The molecule has 3 heterocycles. The van der Waals surface area contributed by atoms with E-state index in [1.807, 2.05) is 0 Å². The molecule has 25 heavy (non-hydrogen) atoms. The first-order chi connectivity index (χ1) is 11.8. The molecule has 3 rings (SSSR count). The van der Waals surface area contributed by atoms with Gasteiger partial charge in [0.15, 0.2) is 0 Å². The van der Waals surface area contributed by atoms with Crippen LogP contribution in [0.5, 0.6) is 0 Å². The minimum atomic E-state index is -4.52. The Morgan fingerprint density at radius 1 is 1.40 bits per heavy atom. The smallest absolute Gasteiger partial charge is 0.354 e. The highest BCUT2D eigenvalue weighted by Gasteiger charge is 2.33. The summed E-state index contributed by atoms with van der Waals surface area (Å²) in [5.41, 5.74) is 0.820. The summed E-state index contributed by atoms with van der Waals surface area (Å²) in [5.74, 6) is -0.235. The van der Waals surface area contributed by atoms with Gasteiger partial charge in [0.25, 0.3) is 0 Å². The van der Waals surface area contributed by atoms with Crippen LogP contribution in [0.25, 0.3) is 0 Å². The zero-order valence-electron chi connectivity index (χ0n) is 13.4. The Labute approximate surface area is 141 Å². The number of fused-ring (bicyclic) bond motifs is 1. The third-order valence-corrected chi connectivity index (χ3v) is 3.85. The third-order valence-electron chi connectivity index (χ3n) is 3.85. The number of rotatable bonds is 4. The number of amides is 1. The summed E-state index contributed by atoms with van der Waals surface area (Å²) >= 11 is 0. The normalized spacial score (nSPS) is 17.2. The number of carbonyl (C=O) groups is 1. The summed E-state index contributed by atoms with van der Waals surface area (Å²) in [5, 5.41) is 5.77. The number of carbonyl (C=O) groups excluding carboxylic acids is 1. The minimum Gasteiger partial charge on any atom is -0.354 e. The Balaban J connectivity index is 1.61. The first-order valence-electron chi connectivity index (χ1n) is 7.79. The molecule has 0 saturated carbocycles. The Bertz CT molecular complexity index is 773. The average Bonchev–Trinajstić information content (AvgIpc) is 3.02. The molecule has 134 valence electrons. The van der Waals surface area contributed by atoms with Gasteiger partial charge in [-0.25, -0.2) is 15.0 Å². The number of H-pyrrole nitrogens is 1. The number of hydrogen-bond donors (Lipinski definition) is 3. The first kappa shape index (κ1) is 17.3. The van der Waals surface area contributed by atoms with Crippen molar-refractivity contribution < 1.29 is 18.0 Å².